The average molecular weight is 249 g/mol. The Bertz CT molecular complexity index is 434. The van der Waals surface area contributed by atoms with Crippen LogP contribution in [0.15, 0.2) is 12.1 Å². The van der Waals surface area contributed by atoms with Gasteiger partial charge in [-0.1, -0.05) is 6.07 Å². The standard InChI is InChI=1S/C14H19NOS/c1-9-3-6-13(10(2)15-9)14(16)7-11-4-5-12(8-14)17-11/h3,6,11-12,16H,4-5,7-8H2,1-2H3. The fourth-order valence-corrected chi connectivity index (χ4v) is 5.15. The largest absolute Gasteiger partial charge is 0.385 e. The lowest BCUT2D eigenvalue weighted by atomic mass is 9.85. The zero-order valence-corrected chi connectivity index (χ0v) is 11.3. The molecule has 92 valence electrons. The molecule has 2 atom stereocenters. The highest BCUT2D eigenvalue weighted by Gasteiger charge is 2.44. The topological polar surface area (TPSA) is 33.1 Å². The van der Waals surface area contributed by atoms with Crippen LogP contribution in [0.2, 0.25) is 0 Å². The van der Waals surface area contributed by atoms with Crippen LogP contribution in [0, 0.1) is 13.8 Å². The van der Waals surface area contributed by atoms with Crippen molar-refractivity contribution in [3.8, 4) is 0 Å². The molecule has 2 saturated heterocycles. The molecule has 0 amide bonds. The van der Waals surface area contributed by atoms with E-state index in [9.17, 15) is 5.11 Å². The van der Waals surface area contributed by atoms with E-state index >= 15 is 0 Å². The third-order valence-electron chi connectivity index (χ3n) is 4.05. The summed E-state index contributed by atoms with van der Waals surface area (Å²) < 4.78 is 0. The van der Waals surface area contributed by atoms with Crippen molar-refractivity contribution in [1.82, 2.24) is 4.98 Å². The van der Waals surface area contributed by atoms with Gasteiger partial charge in [0.05, 0.1) is 5.60 Å². The van der Waals surface area contributed by atoms with Gasteiger partial charge in [-0.15, -0.1) is 0 Å². The Morgan fingerprint density at radius 2 is 1.88 bits per heavy atom. The van der Waals surface area contributed by atoms with Gasteiger partial charge in [0.2, 0.25) is 0 Å². The van der Waals surface area contributed by atoms with Crippen molar-refractivity contribution in [3.05, 3.63) is 29.1 Å². The summed E-state index contributed by atoms with van der Waals surface area (Å²) in [5, 5.41) is 12.2. The lowest BCUT2D eigenvalue weighted by Gasteiger charge is -2.37. The van der Waals surface area contributed by atoms with Gasteiger partial charge in [0.25, 0.3) is 0 Å². The van der Waals surface area contributed by atoms with Crippen LogP contribution >= 0.6 is 11.8 Å². The van der Waals surface area contributed by atoms with Crippen LogP contribution in [0.4, 0.5) is 0 Å². The van der Waals surface area contributed by atoms with Crippen LogP contribution in [0.5, 0.6) is 0 Å². The summed E-state index contributed by atoms with van der Waals surface area (Å²) in [6, 6.07) is 4.09. The van der Waals surface area contributed by atoms with Gasteiger partial charge in [-0.25, -0.2) is 0 Å². The Kier molecular flexibility index (Phi) is 2.71. The van der Waals surface area contributed by atoms with Crippen LogP contribution < -0.4 is 0 Å². The van der Waals surface area contributed by atoms with Crippen LogP contribution in [-0.4, -0.2) is 20.6 Å². The van der Waals surface area contributed by atoms with E-state index in [0.717, 1.165) is 29.8 Å². The highest BCUT2D eigenvalue weighted by molar-refractivity contribution is 8.00. The summed E-state index contributed by atoms with van der Waals surface area (Å²) in [6.45, 7) is 4.02. The molecule has 3 rings (SSSR count). The van der Waals surface area contributed by atoms with Crippen LogP contribution in [0.25, 0.3) is 0 Å². The van der Waals surface area contributed by atoms with E-state index in [-0.39, 0.29) is 0 Å². The Hall–Kier alpha value is -0.540. The number of hydrogen-bond donors (Lipinski definition) is 1. The maximum atomic E-state index is 10.9. The Morgan fingerprint density at radius 3 is 2.47 bits per heavy atom. The second-order valence-electron chi connectivity index (χ2n) is 5.48. The summed E-state index contributed by atoms with van der Waals surface area (Å²) in [4.78, 5) is 4.50. The number of rotatable bonds is 1. The van der Waals surface area contributed by atoms with Gasteiger partial charge in [0.15, 0.2) is 0 Å². The molecule has 0 aliphatic carbocycles. The molecule has 3 heterocycles. The molecule has 2 nitrogen and oxygen atoms in total. The zero-order valence-electron chi connectivity index (χ0n) is 10.4. The average Bonchev–Trinajstić information content (AvgIpc) is 2.58. The third-order valence-corrected chi connectivity index (χ3v) is 5.63. The van der Waals surface area contributed by atoms with Crippen molar-refractivity contribution >= 4 is 11.8 Å². The molecule has 1 N–H and O–H groups in total. The van der Waals surface area contributed by atoms with Crippen molar-refractivity contribution in [1.29, 1.82) is 0 Å². The molecule has 2 bridgehead atoms. The van der Waals surface area contributed by atoms with Crippen LogP contribution in [-0.2, 0) is 5.60 Å². The van der Waals surface area contributed by atoms with Crippen molar-refractivity contribution in [2.24, 2.45) is 0 Å². The number of aliphatic hydroxyl groups is 1. The molecule has 1 aromatic rings. The van der Waals surface area contributed by atoms with E-state index in [1.165, 1.54) is 12.8 Å². The lowest BCUT2D eigenvalue weighted by molar-refractivity contribution is 0.0186. The first kappa shape index (κ1) is 11.5. The maximum absolute atomic E-state index is 10.9. The number of aromatic nitrogens is 1. The molecule has 0 aromatic carbocycles. The summed E-state index contributed by atoms with van der Waals surface area (Å²) in [5.74, 6) is 0. The summed E-state index contributed by atoms with van der Waals surface area (Å²) in [5.41, 5.74) is 2.46. The molecule has 3 heteroatoms. The van der Waals surface area contributed by atoms with Gasteiger partial charge >= 0.3 is 0 Å². The number of pyridine rings is 1. The minimum Gasteiger partial charge on any atom is -0.385 e. The van der Waals surface area contributed by atoms with E-state index in [2.05, 4.69) is 22.8 Å². The first-order valence-corrected chi connectivity index (χ1v) is 7.34. The summed E-state index contributed by atoms with van der Waals surface area (Å²) in [7, 11) is 0. The molecule has 1 aromatic heterocycles. The van der Waals surface area contributed by atoms with Crippen LogP contribution in [0.3, 0.4) is 0 Å². The fourth-order valence-electron chi connectivity index (χ4n) is 3.32. The van der Waals surface area contributed by atoms with E-state index in [4.69, 9.17) is 0 Å². The summed E-state index contributed by atoms with van der Waals surface area (Å²) >= 11 is 2.08. The molecular formula is C14H19NOS. The van der Waals surface area contributed by atoms with Crippen molar-refractivity contribution in [3.63, 3.8) is 0 Å². The lowest BCUT2D eigenvalue weighted by Crippen LogP contribution is -2.35. The minimum atomic E-state index is -0.623. The van der Waals surface area contributed by atoms with E-state index < -0.39 is 5.60 Å². The predicted molar refractivity (Wildman–Crippen MR) is 71.2 cm³/mol. The molecule has 2 fully saturated rings. The van der Waals surface area contributed by atoms with E-state index in [1.807, 2.05) is 19.9 Å². The first-order chi connectivity index (χ1) is 8.07. The Labute approximate surface area is 107 Å². The van der Waals surface area contributed by atoms with Gasteiger partial charge in [0.1, 0.15) is 0 Å². The zero-order chi connectivity index (χ0) is 12.0. The minimum absolute atomic E-state index is 0.623. The summed E-state index contributed by atoms with van der Waals surface area (Å²) in [6.07, 6.45) is 4.35. The molecule has 2 unspecified atom stereocenters. The molecule has 2 aliphatic rings. The number of thioether (sulfide) groups is 1. The predicted octanol–water partition coefficient (Wildman–Crippen LogP) is 2.94. The van der Waals surface area contributed by atoms with Crippen molar-refractivity contribution in [2.75, 3.05) is 0 Å². The molecule has 2 aliphatic heterocycles. The molecule has 0 radical (unpaired) electrons. The monoisotopic (exact) mass is 249 g/mol. The normalized spacial score (nSPS) is 36.2. The smallest absolute Gasteiger partial charge is 0.0935 e. The Balaban J connectivity index is 1.97. The fraction of sp³-hybridized carbons (Fsp3) is 0.643. The number of fused-ring (bicyclic) bond motifs is 2. The number of hydrogen-bond acceptors (Lipinski definition) is 3. The second-order valence-corrected chi connectivity index (χ2v) is 7.09. The van der Waals surface area contributed by atoms with Gasteiger partial charge < -0.3 is 5.11 Å². The highest BCUT2D eigenvalue weighted by Crippen LogP contribution is 2.51. The maximum Gasteiger partial charge on any atom is 0.0935 e. The van der Waals surface area contributed by atoms with Gasteiger partial charge in [-0.3, -0.25) is 4.98 Å². The highest BCUT2D eigenvalue weighted by atomic mass is 32.2. The van der Waals surface area contributed by atoms with Crippen molar-refractivity contribution in [2.45, 2.75) is 55.6 Å². The first-order valence-electron chi connectivity index (χ1n) is 6.39. The molecule has 0 saturated carbocycles. The SMILES string of the molecule is Cc1ccc(C2(O)CC3CCC(C2)S3)c(C)n1. The van der Waals surface area contributed by atoms with E-state index in [1.54, 1.807) is 0 Å². The Morgan fingerprint density at radius 1 is 1.24 bits per heavy atom. The molecule has 17 heavy (non-hydrogen) atoms. The van der Waals surface area contributed by atoms with Crippen molar-refractivity contribution < 1.29 is 5.11 Å². The number of aryl methyl sites for hydroxylation is 2. The molecule has 0 spiro atoms. The molecular weight excluding hydrogens is 230 g/mol. The van der Waals surface area contributed by atoms with Gasteiger partial charge in [0, 0.05) is 27.5 Å². The third kappa shape index (κ3) is 2.00. The van der Waals surface area contributed by atoms with Crippen LogP contribution in [0.1, 0.15) is 42.6 Å². The second kappa shape index (κ2) is 3.99. The van der Waals surface area contributed by atoms with Gasteiger partial charge in [-0.2, -0.15) is 11.8 Å². The number of nitrogens with zero attached hydrogens (tertiary/aromatic N) is 1. The quantitative estimate of drug-likeness (QED) is 0.830. The van der Waals surface area contributed by atoms with E-state index in [0.29, 0.717) is 10.5 Å². The van der Waals surface area contributed by atoms with Gasteiger partial charge in [-0.05, 0) is 45.6 Å².